The van der Waals surface area contributed by atoms with Crippen molar-refractivity contribution in [2.75, 3.05) is 13.2 Å². The largest absolute Gasteiger partial charge is 0.479 e. The minimum absolute atomic E-state index is 0.0363. The van der Waals surface area contributed by atoms with Gasteiger partial charge >= 0.3 is 13.8 Å². The van der Waals surface area contributed by atoms with Gasteiger partial charge in [-0.25, -0.2) is 9.36 Å². The van der Waals surface area contributed by atoms with E-state index in [2.05, 4.69) is 12.2 Å². The lowest BCUT2D eigenvalue weighted by molar-refractivity contribution is -0.262. The first-order valence-electron chi connectivity index (χ1n) is 14.8. The summed E-state index contributed by atoms with van der Waals surface area (Å²) in [6.07, 6.45) is 9.01. The number of phosphoric ester groups is 1. The molecule has 1 heterocycles. The second-order valence-corrected chi connectivity index (χ2v) is 11.9. The third kappa shape index (κ3) is 15.2. The normalized spacial score (nSPS) is 25.3. The molecule has 1 unspecified atom stereocenters. The summed E-state index contributed by atoms with van der Waals surface area (Å²) in [6.45, 7) is 3.85. The second kappa shape index (κ2) is 20.7. The van der Waals surface area contributed by atoms with Crippen LogP contribution in [0.5, 0.6) is 0 Å². The van der Waals surface area contributed by atoms with E-state index in [9.17, 15) is 34.4 Å². The Balaban J connectivity index is 2.43. The average molecular weight is 598 g/mol. The van der Waals surface area contributed by atoms with Gasteiger partial charge in [-0.1, -0.05) is 90.4 Å². The summed E-state index contributed by atoms with van der Waals surface area (Å²) in [6, 6.07) is -1.36. The lowest BCUT2D eigenvalue weighted by Crippen LogP contribution is -2.65. The van der Waals surface area contributed by atoms with Gasteiger partial charge in [0.1, 0.15) is 24.4 Å². The van der Waals surface area contributed by atoms with E-state index in [1.165, 1.54) is 71.1 Å². The number of carbonyl (C=O) groups excluding carboxylic acids is 1. The van der Waals surface area contributed by atoms with Gasteiger partial charge in [-0.2, -0.15) is 0 Å². The van der Waals surface area contributed by atoms with Crippen LogP contribution in [0.25, 0.3) is 0 Å². The van der Waals surface area contributed by atoms with Crippen LogP contribution >= 0.6 is 7.82 Å². The van der Waals surface area contributed by atoms with Crippen molar-refractivity contribution in [3.63, 3.8) is 0 Å². The van der Waals surface area contributed by atoms with Crippen molar-refractivity contribution in [2.45, 2.75) is 147 Å². The van der Waals surface area contributed by atoms with Crippen LogP contribution < -0.4 is 5.32 Å². The fourth-order valence-corrected chi connectivity index (χ4v) is 5.50. The zero-order chi connectivity index (χ0) is 30.0. The molecular formula is C27H52NO11P. The number of carbonyl (C=O) groups is 2. The highest BCUT2D eigenvalue weighted by Crippen LogP contribution is 2.47. The Morgan fingerprint density at radius 2 is 1.45 bits per heavy atom. The van der Waals surface area contributed by atoms with Gasteiger partial charge in [0.25, 0.3) is 0 Å². The van der Waals surface area contributed by atoms with Crippen LogP contribution in [0.2, 0.25) is 0 Å². The van der Waals surface area contributed by atoms with Crippen LogP contribution in [-0.4, -0.2) is 82.1 Å². The number of aliphatic carboxylic acids is 1. The number of hydrogen-bond donors (Lipinski definition) is 5. The zero-order valence-electron chi connectivity index (χ0n) is 24.4. The van der Waals surface area contributed by atoms with Crippen LogP contribution in [0.1, 0.15) is 111 Å². The molecule has 0 aromatic carbocycles. The number of amides is 1. The van der Waals surface area contributed by atoms with Gasteiger partial charge in [-0.05, 0) is 13.3 Å². The van der Waals surface area contributed by atoms with Crippen molar-refractivity contribution >= 4 is 19.7 Å². The van der Waals surface area contributed by atoms with Gasteiger partial charge in [-0.15, -0.1) is 0 Å². The standard InChI is InChI=1S/C27H52NO11P/c1-4-5-6-7-8-9-10-11-12-13-14-15-16-17-18-36-40(34,35)39-27-23(28-21(3)30)25(37-20(2)26(32)33)24(31)22(19-29)38-27/h20,22-25,27,29,31H,4-19H2,1-3H3,(H,28,30)(H,32,33)(H,34,35)/t20-,22-,23-,24-,25-,27-/m1/s1. The van der Waals surface area contributed by atoms with Gasteiger partial charge in [-0.3, -0.25) is 13.8 Å². The van der Waals surface area contributed by atoms with E-state index in [0.717, 1.165) is 26.2 Å². The summed E-state index contributed by atoms with van der Waals surface area (Å²) in [5.41, 5.74) is 0. The zero-order valence-corrected chi connectivity index (χ0v) is 25.3. The molecule has 1 saturated heterocycles. The molecule has 5 N–H and O–H groups in total. The summed E-state index contributed by atoms with van der Waals surface area (Å²) < 4.78 is 33.7. The summed E-state index contributed by atoms with van der Waals surface area (Å²) in [5, 5.41) is 31.7. The van der Waals surface area contributed by atoms with Gasteiger partial charge in [0, 0.05) is 6.92 Å². The highest BCUT2D eigenvalue weighted by Gasteiger charge is 2.50. The molecular weight excluding hydrogens is 545 g/mol. The van der Waals surface area contributed by atoms with Crippen LogP contribution in [0.3, 0.4) is 0 Å². The fraction of sp³-hybridized carbons (Fsp3) is 0.926. The maximum Gasteiger partial charge on any atom is 0.474 e. The van der Waals surface area contributed by atoms with E-state index in [4.69, 9.17) is 18.5 Å². The maximum atomic E-state index is 12.6. The molecule has 1 aliphatic rings. The summed E-state index contributed by atoms with van der Waals surface area (Å²) in [7, 11) is -4.68. The first-order valence-corrected chi connectivity index (χ1v) is 16.3. The number of carboxylic acids is 1. The molecule has 0 aliphatic carbocycles. The quantitative estimate of drug-likeness (QED) is 0.0847. The minimum Gasteiger partial charge on any atom is -0.479 e. The number of hydrogen-bond acceptors (Lipinski definition) is 9. The van der Waals surface area contributed by atoms with Crippen LogP contribution in [-0.2, 0) is 32.7 Å². The summed E-state index contributed by atoms with van der Waals surface area (Å²) >= 11 is 0. The fourth-order valence-electron chi connectivity index (χ4n) is 4.64. The number of nitrogens with one attached hydrogen (secondary N) is 1. The predicted octanol–water partition coefficient (Wildman–Crippen LogP) is 4.04. The van der Waals surface area contributed by atoms with Crippen molar-refractivity contribution in [1.29, 1.82) is 0 Å². The molecule has 40 heavy (non-hydrogen) atoms. The molecule has 1 fully saturated rings. The Hall–Kier alpha value is -1.11. The summed E-state index contributed by atoms with van der Waals surface area (Å²) in [4.78, 5) is 33.3. The highest BCUT2D eigenvalue weighted by molar-refractivity contribution is 7.47. The van der Waals surface area contributed by atoms with Gasteiger partial charge < -0.3 is 35.0 Å². The molecule has 1 amide bonds. The molecule has 1 aliphatic heterocycles. The number of rotatable bonds is 23. The molecule has 12 nitrogen and oxygen atoms in total. The molecule has 0 aromatic rings. The van der Waals surface area contributed by atoms with Gasteiger partial charge in [0.15, 0.2) is 12.4 Å². The summed E-state index contributed by atoms with van der Waals surface area (Å²) in [5.74, 6) is -1.94. The maximum absolute atomic E-state index is 12.6. The van der Waals surface area contributed by atoms with Crippen molar-refractivity contribution in [2.24, 2.45) is 0 Å². The number of phosphoric acid groups is 1. The monoisotopic (exact) mass is 597 g/mol. The van der Waals surface area contributed by atoms with Crippen molar-refractivity contribution in [3.8, 4) is 0 Å². The van der Waals surface area contributed by atoms with Crippen LogP contribution in [0, 0.1) is 0 Å². The molecule has 0 aromatic heterocycles. The topological polar surface area (TPSA) is 181 Å². The third-order valence-corrected chi connectivity index (χ3v) is 7.90. The van der Waals surface area contributed by atoms with Crippen LogP contribution in [0.4, 0.5) is 0 Å². The Bertz CT molecular complexity index is 756. The lowest BCUT2D eigenvalue weighted by Gasteiger charge is -2.44. The Labute approximate surface area is 238 Å². The smallest absolute Gasteiger partial charge is 0.474 e. The lowest BCUT2D eigenvalue weighted by atomic mass is 9.96. The first kappa shape index (κ1) is 36.9. The van der Waals surface area contributed by atoms with Crippen molar-refractivity contribution in [3.05, 3.63) is 0 Å². The van der Waals surface area contributed by atoms with E-state index in [1.54, 1.807) is 0 Å². The Morgan fingerprint density at radius 3 is 1.90 bits per heavy atom. The number of carboxylic acid groups (broad SMARTS) is 1. The molecule has 236 valence electrons. The molecule has 7 atom stereocenters. The van der Waals surface area contributed by atoms with E-state index in [-0.39, 0.29) is 6.61 Å². The Morgan fingerprint density at radius 1 is 0.950 bits per heavy atom. The molecule has 0 radical (unpaired) electrons. The molecule has 0 saturated carbocycles. The minimum atomic E-state index is -4.68. The predicted molar refractivity (Wildman–Crippen MR) is 149 cm³/mol. The molecule has 0 bridgehead atoms. The number of unbranched alkanes of at least 4 members (excludes halogenated alkanes) is 13. The first-order chi connectivity index (χ1) is 19.0. The second-order valence-electron chi connectivity index (χ2n) is 10.5. The van der Waals surface area contributed by atoms with Crippen LogP contribution in [0.15, 0.2) is 0 Å². The average Bonchev–Trinajstić information content (AvgIpc) is 2.89. The van der Waals surface area contributed by atoms with Gasteiger partial charge in [0.2, 0.25) is 5.91 Å². The molecule has 13 heteroatoms. The van der Waals surface area contributed by atoms with Crippen molar-refractivity contribution in [1.82, 2.24) is 5.32 Å². The third-order valence-electron chi connectivity index (χ3n) is 6.92. The Kier molecular flexibility index (Phi) is 19.1. The number of aliphatic hydroxyl groups is 2. The number of ether oxygens (including phenoxy) is 2. The van der Waals surface area contributed by atoms with E-state index in [0.29, 0.717) is 6.42 Å². The van der Waals surface area contributed by atoms with Gasteiger partial charge in [0.05, 0.1) is 13.2 Å². The van der Waals surface area contributed by atoms with E-state index in [1.807, 2.05) is 0 Å². The van der Waals surface area contributed by atoms with E-state index < -0.39 is 63.1 Å². The van der Waals surface area contributed by atoms with Crippen molar-refractivity contribution < 1.29 is 52.9 Å². The SMILES string of the molecule is CCCCCCCCCCCCCCCCOP(=O)(O)O[C@H]1O[C@H](CO)[C@@H](O)[C@H](O[C@H](C)C(=O)O)[C@H]1NC(C)=O. The molecule has 1 rings (SSSR count). The molecule has 0 spiro atoms. The number of aliphatic hydroxyl groups excluding tert-OH is 2. The van der Waals surface area contributed by atoms with E-state index >= 15 is 0 Å². The highest BCUT2D eigenvalue weighted by atomic mass is 31.2.